The first-order valence-electron chi connectivity index (χ1n) is 13.1. The largest absolute Gasteiger partial charge is 0.352 e. The topological polar surface area (TPSA) is 86.8 Å². The number of fused-ring (bicyclic) bond motifs is 1. The summed E-state index contributed by atoms with van der Waals surface area (Å²) in [6.45, 7) is 6.02. The highest BCUT2D eigenvalue weighted by Crippen LogP contribution is 2.34. The SMILES string of the molecule is Cc1cncc(Cl)c1C(=O)NCCc1ccc(CN(Cc2nc[nH]c2C)C2CCCc3cccnc32)cc1. The summed E-state index contributed by atoms with van der Waals surface area (Å²) in [7, 11) is 0. The van der Waals surface area contributed by atoms with Crippen molar-refractivity contribution in [3.05, 3.63) is 111 Å². The first-order valence-corrected chi connectivity index (χ1v) is 13.5. The van der Waals surface area contributed by atoms with Crippen LogP contribution in [0.5, 0.6) is 0 Å². The molecule has 0 spiro atoms. The number of imidazole rings is 1. The summed E-state index contributed by atoms with van der Waals surface area (Å²) in [6, 6.07) is 13.2. The second-order valence-corrected chi connectivity index (χ2v) is 10.4. The molecule has 1 amide bonds. The van der Waals surface area contributed by atoms with Crippen molar-refractivity contribution < 1.29 is 4.79 Å². The Kier molecular flexibility index (Phi) is 8.15. The van der Waals surface area contributed by atoms with Gasteiger partial charge in [-0.2, -0.15) is 0 Å². The predicted molar refractivity (Wildman–Crippen MR) is 149 cm³/mol. The highest BCUT2D eigenvalue weighted by molar-refractivity contribution is 6.33. The fraction of sp³-hybridized carbons (Fsp3) is 0.333. The van der Waals surface area contributed by atoms with E-state index in [0.29, 0.717) is 17.1 Å². The molecule has 1 atom stereocenters. The molecule has 196 valence electrons. The molecular weight excluding hydrogens is 496 g/mol. The van der Waals surface area contributed by atoms with Gasteiger partial charge in [0.05, 0.1) is 34.3 Å². The molecule has 0 bridgehead atoms. The fourth-order valence-electron chi connectivity index (χ4n) is 5.23. The third-order valence-corrected chi connectivity index (χ3v) is 7.60. The van der Waals surface area contributed by atoms with Crippen molar-refractivity contribution in [2.75, 3.05) is 6.54 Å². The van der Waals surface area contributed by atoms with Gasteiger partial charge in [-0.3, -0.25) is 19.7 Å². The lowest BCUT2D eigenvalue weighted by molar-refractivity contribution is 0.0953. The number of hydrogen-bond donors (Lipinski definition) is 2. The summed E-state index contributed by atoms with van der Waals surface area (Å²) in [6.07, 6.45) is 10.9. The Labute approximate surface area is 228 Å². The number of carbonyl (C=O) groups excluding carboxylic acids is 1. The minimum atomic E-state index is -0.169. The highest BCUT2D eigenvalue weighted by atomic mass is 35.5. The number of aromatic nitrogens is 4. The molecule has 38 heavy (non-hydrogen) atoms. The molecule has 3 heterocycles. The Balaban J connectivity index is 1.25. The number of H-pyrrole nitrogens is 1. The number of nitrogens with zero attached hydrogens (tertiary/aromatic N) is 4. The molecule has 0 radical (unpaired) electrons. The normalized spacial score (nSPS) is 14.9. The standard InChI is InChI=1S/C30H33ClN6O/c1-20-15-32-16-25(31)28(20)30(38)34-14-12-22-8-10-23(11-9-22)17-37(18-26-21(2)35-19-36-26)27-7-3-5-24-6-4-13-33-29(24)27/h4,6,8-11,13,15-16,19,27H,3,5,7,12,14,17-18H2,1-2H3,(H,34,38)(H,35,36). The molecule has 8 heteroatoms. The molecule has 1 aliphatic rings. The zero-order chi connectivity index (χ0) is 26.5. The van der Waals surface area contributed by atoms with E-state index in [9.17, 15) is 4.79 Å². The fourth-order valence-corrected chi connectivity index (χ4v) is 5.52. The third-order valence-electron chi connectivity index (χ3n) is 7.32. The number of halogens is 1. The van der Waals surface area contributed by atoms with Crippen molar-refractivity contribution in [2.24, 2.45) is 0 Å². The van der Waals surface area contributed by atoms with Gasteiger partial charge in [-0.25, -0.2) is 4.98 Å². The van der Waals surface area contributed by atoms with Gasteiger partial charge in [-0.15, -0.1) is 0 Å². The Morgan fingerprint density at radius 1 is 1.11 bits per heavy atom. The third kappa shape index (κ3) is 5.95. The molecule has 0 saturated carbocycles. The van der Waals surface area contributed by atoms with Gasteiger partial charge in [0.25, 0.3) is 5.91 Å². The average molecular weight is 529 g/mol. The average Bonchev–Trinajstić information content (AvgIpc) is 3.33. The molecule has 3 aromatic heterocycles. The van der Waals surface area contributed by atoms with Crippen LogP contribution in [0.25, 0.3) is 0 Å². The number of aryl methyl sites for hydroxylation is 3. The summed E-state index contributed by atoms with van der Waals surface area (Å²) in [5.41, 5.74) is 8.40. The maximum atomic E-state index is 12.6. The van der Waals surface area contributed by atoms with E-state index in [1.807, 2.05) is 19.2 Å². The van der Waals surface area contributed by atoms with Crippen LogP contribution in [0, 0.1) is 13.8 Å². The molecule has 0 saturated heterocycles. The molecule has 0 aliphatic heterocycles. The summed E-state index contributed by atoms with van der Waals surface area (Å²) in [5, 5.41) is 3.35. The second-order valence-electron chi connectivity index (χ2n) is 9.97. The number of nitrogens with one attached hydrogen (secondary N) is 2. The Bertz CT molecular complexity index is 1380. The lowest BCUT2D eigenvalue weighted by Gasteiger charge is -2.35. The monoisotopic (exact) mass is 528 g/mol. The van der Waals surface area contributed by atoms with Crippen LogP contribution in [0.4, 0.5) is 0 Å². The van der Waals surface area contributed by atoms with Crippen LogP contribution in [0.15, 0.2) is 61.3 Å². The summed E-state index contributed by atoms with van der Waals surface area (Å²) < 4.78 is 0. The maximum Gasteiger partial charge on any atom is 0.253 e. The van der Waals surface area contributed by atoms with Gasteiger partial charge in [0.15, 0.2) is 0 Å². The van der Waals surface area contributed by atoms with Crippen LogP contribution in [0.2, 0.25) is 5.02 Å². The molecule has 7 nitrogen and oxygen atoms in total. The second kappa shape index (κ2) is 11.9. The molecular formula is C30H33ClN6O. The summed E-state index contributed by atoms with van der Waals surface area (Å²) in [5.74, 6) is -0.169. The predicted octanol–water partition coefficient (Wildman–Crippen LogP) is 5.52. The van der Waals surface area contributed by atoms with E-state index in [2.05, 4.69) is 62.4 Å². The minimum Gasteiger partial charge on any atom is -0.352 e. The number of rotatable bonds is 9. The van der Waals surface area contributed by atoms with E-state index in [0.717, 1.165) is 55.7 Å². The van der Waals surface area contributed by atoms with Crippen molar-refractivity contribution in [1.29, 1.82) is 0 Å². The highest BCUT2D eigenvalue weighted by Gasteiger charge is 2.28. The number of amides is 1. The molecule has 4 aromatic rings. The summed E-state index contributed by atoms with van der Waals surface area (Å²) in [4.78, 5) is 31.7. The Morgan fingerprint density at radius 3 is 2.68 bits per heavy atom. The van der Waals surface area contributed by atoms with Crippen molar-refractivity contribution in [1.82, 2.24) is 30.2 Å². The van der Waals surface area contributed by atoms with Crippen LogP contribution >= 0.6 is 11.6 Å². The van der Waals surface area contributed by atoms with Crippen LogP contribution < -0.4 is 5.32 Å². The van der Waals surface area contributed by atoms with E-state index in [1.165, 1.54) is 28.6 Å². The van der Waals surface area contributed by atoms with Crippen molar-refractivity contribution in [3.63, 3.8) is 0 Å². The number of carbonyl (C=O) groups is 1. The van der Waals surface area contributed by atoms with Crippen molar-refractivity contribution in [2.45, 2.75) is 58.7 Å². The van der Waals surface area contributed by atoms with E-state index in [1.54, 1.807) is 12.5 Å². The molecule has 0 fully saturated rings. The van der Waals surface area contributed by atoms with Crippen LogP contribution in [0.3, 0.4) is 0 Å². The van der Waals surface area contributed by atoms with Gasteiger partial charge in [-0.05, 0) is 67.9 Å². The van der Waals surface area contributed by atoms with Crippen LogP contribution in [0.1, 0.15) is 68.6 Å². The van der Waals surface area contributed by atoms with Crippen LogP contribution in [-0.2, 0) is 25.9 Å². The number of aromatic amines is 1. The Hall–Kier alpha value is -3.55. The minimum absolute atomic E-state index is 0.169. The van der Waals surface area contributed by atoms with Gasteiger partial charge in [-0.1, -0.05) is 41.9 Å². The lowest BCUT2D eigenvalue weighted by Crippen LogP contribution is -2.31. The molecule has 1 unspecified atom stereocenters. The smallest absolute Gasteiger partial charge is 0.253 e. The zero-order valence-electron chi connectivity index (χ0n) is 21.9. The van der Waals surface area contributed by atoms with Crippen molar-refractivity contribution >= 4 is 17.5 Å². The first kappa shape index (κ1) is 26.1. The van der Waals surface area contributed by atoms with Gasteiger partial charge in [0, 0.05) is 43.9 Å². The van der Waals surface area contributed by atoms with Gasteiger partial charge < -0.3 is 10.3 Å². The Morgan fingerprint density at radius 2 is 1.92 bits per heavy atom. The number of hydrogen-bond acceptors (Lipinski definition) is 5. The van der Waals surface area contributed by atoms with E-state index in [-0.39, 0.29) is 11.9 Å². The van der Waals surface area contributed by atoms with Gasteiger partial charge >= 0.3 is 0 Å². The quantitative estimate of drug-likeness (QED) is 0.298. The first-order chi connectivity index (χ1) is 18.5. The number of pyridine rings is 2. The van der Waals surface area contributed by atoms with E-state index >= 15 is 0 Å². The van der Waals surface area contributed by atoms with Crippen molar-refractivity contribution in [3.8, 4) is 0 Å². The molecule has 5 rings (SSSR count). The zero-order valence-corrected chi connectivity index (χ0v) is 22.6. The molecule has 1 aliphatic carbocycles. The number of benzene rings is 1. The summed E-state index contributed by atoms with van der Waals surface area (Å²) >= 11 is 6.18. The van der Waals surface area contributed by atoms with Crippen LogP contribution in [-0.4, -0.2) is 37.3 Å². The molecule has 2 N–H and O–H groups in total. The van der Waals surface area contributed by atoms with Gasteiger partial charge in [0.1, 0.15) is 0 Å². The lowest BCUT2D eigenvalue weighted by atomic mass is 9.90. The van der Waals surface area contributed by atoms with Gasteiger partial charge in [0.2, 0.25) is 0 Å². The molecule has 1 aromatic carbocycles. The van der Waals surface area contributed by atoms with E-state index in [4.69, 9.17) is 16.6 Å². The maximum absolute atomic E-state index is 12.6. The van der Waals surface area contributed by atoms with E-state index < -0.39 is 0 Å².